The summed E-state index contributed by atoms with van der Waals surface area (Å²) >= 11 is 0. The Balaban J connectivity index is 2.15. The van der Waals surface area contributed by atoms with Gasteiger partial charge in [0.1, 0.15) is 5.76 Å². The van der Waals surface area contributed by atoms with Crippen LogP contribution in [0.15, 0.2) is 4.42 Å². The number of rotatable bonds is 3. The highest BCUT2D eigenvalue weighted by Crippen LogP contribution is 2.35. The summed E-state index contributed by atoms with van der Waals surface area (Å²) in [5.74, 6) is 2.55. The van der Waals surface area contributed by atoms with Gasteiger partial charge in [0.2, 0.25) is 0 Å². The van der Waals surface area contributed by atoms with E-state index in [-0.39, 0.29) is 0 Å². The van der Waals surface area contributed by atoms with Crippen LogP contribution in [0.1, 0.15) is 48.9 Å². The Labute approximate surface area is 84.7 Å². The summed E-state index contributed by atoms with van der Waals surface area (Å²) < 4.78 is 5.75. The average Bonchev–Trinajstić information content (AvgIpc) is 2.74. The van der Waals surface area contributed by atoms with E-state index >= 15 is 0 Å². The SMILES string of the molecule is Cc1nc(CCN)oc1C1CCCC1. The van der Waals surface area contributed by atoms with Crippen LogP contribution < -0.4 is 5.73 Å². The lowest BCUT2D eigenvalue weighted by molar-refractivity contribution is 0.424. The summed E-state index contributed by atoms with van der Waals surface area (Å²) in [7, 11) is 0. The highest BCUT2D eigenvalue weighted by Gasteiger charge is 2.23. The monoisotopic (exact) mass is 194 g/mol. The molecule has 0 saturated heterocycles. The van der Waals surface area contributed by atoms with E-state index in [1.807, 2.05) is 6.92 Å². The van der Waals surface area contributed by atoms with Gasteiger partial charge in [0.25, 0.3) is 0 Å². The molecule has 1 aromatic rings. The first-order chi connectivity index (χ1) is 6.81. The van der Waals surface area contributed by atoms with Gasteiger partial charge in [-0.25, -0.2) is 4.98 Å². The fourth-order valence-corrected chi connectivity index (χ4v) is 2.26. The van der Waals surface area contributed by atoms with E-state index < -0.39 is 0 Å². The molecule has 0 aliphatic heterocycles. The number of hydrogen-bond acceptors (Lipinski definition) is 3. The summed E-state index contributed by atoms with van der Waals surface area (Å²) in [6.07, 6.45) is 5.94. The quantitative estimate of drug-likeness (QED) is 0.802. The first-order valence-electron chi connectivity index (χ1n) is 5.47. The van der Waals surface area contributed by atoms with E-state index in [9.17, 15) is 0 Å². The Kier molecular flexibility index (Phi) is 2.87. The zero-order chi connectivity index (χ0) is 9.97. The maximum atomic E-state index is 5.75. The molecule has 1 heterocycles. The van der Waals surface area contributed by atoms with Crippen molar-refractivity contribution in [2.24, 2.45) is 5.73 Å². The van der Waals surface area contributed by atoms with Gasteiger partial charge < -0.3 is 10.2 Å². The first kappa shape index (κ1) is 9.71. The zero-order valence-electron chi connectivity index (χ0n) is 8.75. The van der Waals surface area contributed by atoms with E-state index in [0.717, 1.165) is 23.8 Å². The predicted octanol–water partition coefficient (Wildman–Crippen LogP) is 2.14. The molecule has 0 radical (unpaired) electrons. The Morgan fingerprint density at radius 3 is 2.79 bits per heavy atom. The largest absolute Gasteiger partial charge is 0.445 e. The first-order valence-corrected chi connectivity index (χ1v) is 5.47. The maximum absolute atomic E-state index is 5.75. The van der Waals surface area contributed by atoms with E-state index in [1.54, 1.807) is 0 Å². The van der Waals surface area contributed by atoms with Gasteiger partial charge in [0.05, 0.1) is 5.69 Å². The topological polar surface area (TPSA) is 52.0 Å². The molecule has 1 aromatic heterocycles. The second-order valence-electron chi connectivity index (χ2n) is 4.08. The molecule has 0 amide bonds. The second kappa shape index (κ2) is 4.13. The minimum atomic E-state index is 0.615. The Hall–Kier alpha value is -0.830. The number of hydrogen-bond donors (Lipinski definition) is 1. The number of nitrogens with zero attached hydrogens (tertiary/aromatic N) is 1. The second-order valence-corrected chi connectivity index (χ2v) is 4.08. The molecule has 14 heavy (non-hydrogen) atoms. The summed E-state index contributed by atoms with van der Waals surface area (Å²) in [6.45, 7) is 2.65. The summed E-state index contributed by atoms with van der Waals surface area (Å²) in [4.78, 5) is 4.40. The molecule has 2 rings (SSSR count). The van der Waals surface area contributed by atoms with Gasteiger partial charge >= 0.3 is 0 Å². The van der Waals surface area contributed by atoms with Gasteiger partial charge in [-0.1, -0.05) is 12.8 Å². The van der Waals surface area contributed by atoms with Crippen LogP contribution in [0, 0.1) is 6.92 Å². The number of nitrogens with two attached hydrogens (primary N) is 1. The van der Waals surface area contributed by atoms with Crippen molar-refractivity contribution in [3.63, 3.8) is 0 Å². The van der Waals surface area contributed by atoms with Crippen molar-refractivity contribution < 1.29 is 4.42 Å². The molecule has 78 valence electrons. The Morgan fingerprint density at radius 1 is 1.43 bits per heavy atom. The van der Waals surface area contributed by atoms with Gasteiger partial charge in [-0.3, -0.25) is 0 Å². The molecule has 0 spiro atoms. The average molecular weight is 194 g/mol. The van der Waals surface area contributed by atoms with Crippen molar-refractivity contribution in [1.29, 1.82) is 0 Å². The standard InChI is InChI=1S/C11H18N2O/c1-8-11(9-4-2-3-5-9)14-10(13-8)6-7-12/h9H,2-7,12H2,1H3. The molecule has 3 nitrogen and oxygen atoms in total. The van der Waals surface area contributed by atoms with Gasteiger partial charge in [0, 0.05) is 18.9 Å². The molecule has 1 aliphatic carbocycles. The Morgan fingerprint density at radius 2 is 2.14 bits per heavy atom. The molecule has 1 saturated carbocycles. The predicted molar refractivity (Wildman–Crippen MR) is 55.2 cm³/mol. The molecule has 1 fully saturated rings. The third-order valence-corrected chi connectivity index (χ3v) is 2.96. The molecular formula is C11H18N2O. The maximum Gasteiger partial charge on any atom is 0.195 e. The van der Waals surface area contributed by atoms with Crippen molar-refractivity contribution in [1.82, 2.24) is 4.98 Å². The normalized spacial score (nSPS) is 17.9. The van der Waals surface area contributed by atoms with Crippen LogP contribution in [0.2, 0.25) is 0 Å². The number of aromatic nitrogens is 1. The summed E-state index contributed by atoms with van der Waals surface area (Å²) in [6, 6.07) is 0. The molecule has 0 unspecified atom stereocenters. The van der Waals surface area contributed by atoms with Crippen molar-refractivity contribution in [2.75, 3.05) is 6.54 Å². The van der Waals surface area contributed by atoms with Crippen LogP contribution in [0.3, 0.4) is 0 Å². The Bertz CT molecular complexity index is 300. The van der Waals surface area contributed by atoms with Crippen LogP contribution in [0.25, 0.3) is 0 Å². The lowest BCUT2D eigenvalue weighted by Gasteiger charge is -2.04. The lowest BCUT2D eigenvalue weighted by Crippen LogP contribution is -2.02. The highest BCUT2D eigenvalue weighted by atomic mass is 16.4. The summed E-state index contributed by atoms with van der Waals surface area (Å²) in [5.41, 5.74) is 6.54. The minimum absolute atomic E-state index is 0.615. The van der Waals surface area contributed by atoms with E-state index in [0.29, 0.717) is 12.5 Å². The van der Waals surface area contributed by atoms with Crippen molar-refractivity contribution in [2.45, 2.75) is 44.9 Å². The third-order valence-electron chi connectivity index (χ3n) is 2.96. The zero-order valence-corrected chi connectivity index (χ0v) is 8.75. The highest BCUT2D eigenvalue weighted by molar-refractivity contribution is 5.14. The van der Waals surface area contributed by atoms with Gasteiger partial charge in [-0.15, -0.1) is 0 Å². The molecule has 3 heteroatoms. The van der Waals surface area contributed by atoms with Gasteiger partial charge in [0.15, 0.2) is 5.89 Å². The van der Waals surface area contributed by atoms with Crippen molar-refractivity contribution >= 4 is 0 Å². The number of oxazole rings is 1. The van der Waals surface area contributed by atoms with Gasteiger partial charge in [-0.05, 0) is 19.8 Å². The fraction of sp³-hybridized carbons (Fsp3) is 0.727. The van der Waals surface area contributed by atoms with Crippen LogP contribution in [0.4, 0.5) is 0 Å². The van der Waals surface area contributed by atoms with Crippen molar-refractivity contribution in [3.8, 4) is 0 Å². The molecular weight excluding hydrogens is 176 g/mol. The van der Waals surface area contributed by atoms with E-state index in [4.69, 9.17) is 10.2 Å². The van der Waals surface area contributed by atoms with Crippen LogP contribution in [-0.2, 0) is 6.42 Å². The lowest BCUT2D eigenvalue weighted by atomic mass is 10.0. The van der Waals surface area contributed by atoms with Crippen LogP contribution in [-0.4, -0.2) is 11.5 Å². The molecule has 2 N–H and O–H groups in total. The third kappa shape index (κ3) is 1.82. The van der Waals surface area contributed by atoms with Crippen molar-refractivity contribution in [3.05, 3.63) is 17.3 Å². The van der Waals surface area contributed by atoms with Gasteiger partial charge in [-0.2, -0.15) is 0 Å². The molecule has 0 bridgehead atoms. The minimum Gasteiger partial charge on any atom is -0.445 e. The van der Waals surface area contributed by atoms with E-state index in [2.05, 4.69) is 4.98 Å². The number of aryl methyl sites for hydroxylation is 1. The molecule has 0 atom stereocenters. The molecule has 0 aromatic carbocycles. The van der Waals surface area contributed by atoms with Crippen LogP contribution >= 0.6 is 0 Å². The molecule has 1 aliphatic rings. The van der Waals surface area contributed by atoms with E-state index in [1.165, 1.54) is 25.7 Å². The fourth-order valence-electron chi connectivity index (χ4n) is 2.26. The summed E-state index contributed by atoms with van der Waals surface area (Å²) in [5, 5.41) is 0. The van der Waals surface area contributed by atoms with Crippen LogP contribution in [0.5, 0.6) is 0 Å². The smallest absolute Gasteiger partial charge is 0.195 e.